The van der Waals surface area contributed by atoms with Crippen molar-refractivity contribution in [1.29, 1.82) is 0 Å². The van der Waals surface area contributed by atoms with Gasteiger partial charge in [-0.25, -0.2) is 4.68 Å². The summed E-state index contributed by atoms with van der Waals surface area (Å²) in [5.74, 6) is 0.0224. The van der Waals surface area contributed by atoms with Crippen LogP contribution in [0.15, 0.2) is 30.5 Å². The highest BCUT2D eigenvalue weighted by molar-refractivity contribution is 5.85. The molecule has 25 heavy (non-hydrogen) atoms. The van der Waals surface area contributed by atoms with Crippen LogP contribution in [0.3, 0.4) is 0 Å². The molecule has 0 spiro atoms. The first-order chi connectivity index (χ1) is 11.4. The number of aromatic nitrogens is 2. The number of hydrogen-bond donors (Lipinski definition) is 2. The van der Waals surface area contributed by atoms with Crippen molar-refractivity contribution in [3.8, 4) is 5.69 Å². The Balaban J connectivity index is 0.00000225. The molecule has 0 bridgehead atoms. The smallest absolute Gasteiger partial charge is 0.234 e. The summed E-state index contributed by atoms with van der Waals surface area (Å²) < 4.78 is 2.02. The normalized spacial score (nSPS) is 18.2. The van der Waals surface area contributed by atoms with Crippen molar-refractivity contribution in [1.82, 2.24) is 20.4 Å². The number of nitrogens with one attached hydrogen (secondary N) is 2. The first kappa shape index (κ1) is 19.5. The average molecular weight is 363 g/mol. The standard InChI is InChI=1S/C19H26N4O.ClH/c1-13-5-7-14(8-6-13)23-17-10-19(2,3)9-16(15(17)11-21-23)22-18(24)12-20-4;/h5-8,11,16,20H,9-10,12H2,1-4H3,(H,22,24);1H. The zero-order valence-electron chi connectivity index (χ0n) is 15.3. The van der Waals surface area contributed by atoms with Gasteiger partial charge in [-0.05, 0) is 44.4 Å². The van der Waals surface area contributed by atoms with Gasteiger partial charge in [0, 0.05) is 5.56 Å². The molecule has 1 atom stereocenters. The van der Waals surface area contributed by atoms with Crippen molar-refractivity contribution in [3.63, 3.8) is 0 Å². The Labute approximate surface area is 155 Å². The Morgan fingerprint density at radius 1 is 1.32 bits per heavy atom. The fourth-order valence-electron chi connectivity index (χ4n) is 3.49. The lowest BCUT2D eigenvalue weighted by Crippen LogP contribution is -2.39. The molecular formula is C19H27ClN4O. The van der Waals surface area contributed by atoms with E-state index in [0.717, 1.165) is 24.1 Å². The maximum atomic E-state index is 12.0. The molecule has 1 unspecified atom stereocenters. The van der Waals surface area contributed by atoms with Gasteiger partial charge >= 0.3 is 0 Å². The molecule has 1 heterocycles. The van der Waals surface area contributed by atoms with Gasteiger partial charge in [0.1, 0.15) is 0 Å². The fourth-order valence-corrected chi connectivity index (χ4v) is 3.49. The molecule has 0 fully saturated rings. The molecule has 0 saturated heterocycles. The predicted octanol–water partition coefficient (Wildman–Crippen LogP) is 2.95. The van der Waals surface area contributed by atoms with Gasteiger partial charge in [0.2, 0.25) is 5.91 Å². The van der Waals surface area contributed by atoms with Crippen LogP contribution in [-0.4, -0.2) is 29.3 Å². The van der Waals surface area contributed by atoms with Crippen LogP contribution in [0.25, 0.3) is 5.69 Å². The van der Waals surface area contributed by atoms with Crippen LogP contribution in [0.4, 0.5) is 0 Å². The number of halogens is 1. The Kier molecular flexibility index (Phi) is 5.91. The summed E-state index contributed by atoms with van der Waals surface area (Å²) in [7, 11) is 1.78. The molecule has 2 aromatic rings. The lowest BCUT2D eigenvalue weighted by molar-refractivity contribution is -0.121. The van der Waals surface area contributed by atoms with Crippen LogP contribution in [0, 0.1) is 12.3 Å². The zero-order valence-corrected chi connectivity index (χ0v) is 16.1. The lowest BCUT2D eigenvalue weighted by atomic mass is 9.74. The van der Waals surface area contributed by atoms with Crippen LogP contribution in [0.2, 0.25) is 0 Å². The van der Waals surface area contributed by atoms with E-state index in [1.807, 2.05) is 10.9 Å². The fraction of sp³-hybridized carbons (Fsp3) is 0.474. The van der Waals surface area contributed by atoms with Crippen molar-refractivity contribution in [3.05, 3.63) is 47.3 Å². The minimum atomic E-state index is 0. The Morgan fingerprint density at radius 3 is 2.64 bits per heavy atom. The molecule has 1 aliphatic carbocycles. The van der Waals surface area contributed by atoms with E-state index in [2.05, 4.69) is 60.8 Å². The Bertz CT molecular complexity index is 736. The first-order valence-electron chi connectivity index (χ1n) is 8.47. The Morgan fingerprint density at radius 2 is 2.00 bits per heavy atom. The summed E-state index contributed by atoms with van der Waals surface area (Å²) in [6.45, 7) is 6.91. The molecule has 2 N–H and O–H groups in total. The molecular weight excluding hydrogens is 336 g/mol. The molecule has 0 aliphatic heterocycles. The number of hydrogen-bond acceptors (Lipinski definition) is 3. The lowest BCUT2D eigenvalue weighted by Gasteiger charge is -2.36. The van der Waals surface area contributed by atoms with Gasteiger partial charge < -0.3 is 10.6 Å². The molecule has 0 radical (unpaired) electrons. The highest BCUT2D eigenvalue weighted by Gasteiger charge is 2.35. The van der Waals surface area contributed by atoms with Crippen molar-refractivity contribution in [2.75, 3.05) is 13.6 Å². The second-order valence-corrected chi connectivity index (χ2v) is 7.49. The molecule has 6 heteroatoms. The monoisotopic (exact) mass is 362 g/mol. The van der Waals surface area contributed by atoms with Gasteiger partial charge in [0.25, 0.3) is 0 Å². The van der Waals surface area contributed by atoms with E-state index >= 15 is 0 Å². The van der Waals surface area contributed by atoms with Crippen molar-refractivity contribution < 1.29 is 4.79 Å². The molecule has 1 aromatic carbocycles. The third-order valence-corrected chi connectivity index (χ3v) is 4.63. The molecule has 3 rings (SSSR count). The average Bonchev–Trinajstić information content (AvgIpc) is 2.90. The van der Waals surface area contributed by atoms with Crippen molar-refractivity contribution in [2.45, 2.75) is 39.7 Å². The molecule has 5 nitrogen and oxygen atoms in total. The van der Waals surface area contributed by atoms with Gasteiger partial charge in [-0.3, -0.25) is 4.79 Å². The van der Waals surface area contributed by atoms with Crippen molar-refractivity contribution in [2.24, 2.45) is 5.41 Å². The maximum Gasteiger partial charge on any atom is 0.234 e. The van der Waals surface area contributed by atoms with E-state index < -0.39 is 0 Å². The Hall–Kier alpha value is -1.85. The molecule has 136 valence electrons. The van der Waals surface area contributed by atoms with Gasteiger partial charge in [0.15, 0.2) is 0 Å². The largest absolute Gasteiger partial charge is 0.348 e. The highest BCUT2D eigenvalue weighted by atomic mass is 35.5. The van der Waals surface area contributed by atoms with Crippen LogP contribution >= 0.6 is 12.4 Å². The van der Waals surface area contributed by atoms with E-state index in [0.29, 0.717) is 6.54 Å². The van der Waals surface area contributed by atoms with Crippen LogP contribution in [0.1, 0.15) is 43.1 Å². The number of aryl methyl sites for hydroxylation is 1. The molecule has 0 saturated carbocycles. The number of carbonyl (C=O) groups is 1. The number of benzene rings is 1. The molecule has 1 aliphatic rings. The van der Waals surface area contributed by atoms with E-state index in [9.17, 15) is 4.79 Å². The molecule has 1 aromatic heterocycles. The zero-order chi connectivity index (χ0) is 17.3. The van der Waals surface area contributed by atoms with Gasteiger partial charge in [0.05, 0.1) is 30.2 Å². The van der Waals surface area contributed by atoms with Crippen molar-refractivity contribution >= 4 is 18.3 Å². The van der Waals surface area contributed by atoms with E-state index in [4.69, 9.17) is 0 Å². The third kappa shape index (κ3) is 4.22. The van der Waals surface area contributed by atoms with E-state index in [-0.39, 0.29) is 29.8 Å². The van der Waals surface area contributed by atoms with Crippen LogP contribution in [0.5, 0.6) is 0 Å². The quantitative estimate of drug-likeness (QED) is 0.879. The van der Waals surface area contributed by atoms with Gasteiger partial charge in [-0.2, -0.15) is 5.10 Å². The summed E-state index contributed by atoms with van der Waals surface area (Å²) in [6, 6.07) is 8.41. The summed E-state index contributed by atoms with van der Waals surface area (Å²) in [6.07, 6.45) is 3.79. The number of nitrogens with zero attached hydrogens (tertiary/aromatic N) is 2. The molecule has 1 amide bonds. The second kappa shape index (κ2) is 7.58. The minimum Gasteiger partial charge on any atom is -0.348 e. The second-order valence-electron chi connectivity index (χ2n) is 7.49. The van der Waals surface area contributed by atoms with Crippen LogP contribution in [-0.2, 0) is 11.2 Å². The third-order valence-electron chi connectivity index (χ3n) is 4.63. The highest BCUT2D eigenvalue weighted by Crippen LogP contribution is 2.41. The summed E-state index contributed by atoms with van der Waals surface area (Å²) in [4.78, 5) is 12.0. The van der Waals surface area contributed by atoms with Gasteiger partial charge in [-0.1, -0.05) is 31.5 Å². The van der Waals surface area contributed by atoms with Gasteiger partial charge in [-0.15, -0.1) is 12.4 Å². The summed E-state index contributed by atoms with van der Waals surface area (Å²) in [5, 5.41) is 10.7. The number of rotatable bonds is 4. The topological polar surface area (TPSA) is 59.0 Å². The predicted molar refractivity (Wildman–Crippen MR) is 102 cm³/mol. The van der Waals surface area contributed by atoms with E-state index in [1.54, 1.807) is 7.05 Å². The number of carbonyl (C=O) groups excluding carboxylic acids is 1. The van der Waals surface area contributed by atoms with Crippen LogP contribution < -0.4 is 10.6 Å². The minimum absolute atomic E-state index is 0. The summed E-state index contributed by atoms with van der Waals surface area (Å²) >= 11 is 0. The maximum absolute atomic E-state index is 12.0. The SMILES string of the molecule is CNCC(=O)NC1CC(C)(C)Cc2c1cnn2-c1ccc(C)cc1.Cl. The number of fused-ring (bicyclic) bond motifs is 1. The summed E-state index contributed by atoms with van der Waals surface area (Å²) in [5.41, 5.74) is 4.76. The number of amides is 1. The number of likely N-dealkylation sites (N-methyl/N-ethyl adjacent to an activating group) is 1. The van der Waals surface area contributed by atoms with E-state index in [1.165, 1.54) is 11.3 Å². The first-order valence-corrected chi connectivity index (χ1v) is 8.47.